The minimum atomic E-state index is -0.467. The SMILES string of the molecule is CCC(C)(C)C(=O)OC1CC2CC(C(=O)OCOCC3CCCCC3)C1C2. The summed E-state index contributed by atoms with van der Waals surface area (Å²) < 4.78 is 16.8. The van der Waals surface area contributed by atoms with Gasteiger partial charge in [-0.25, -0.2) is 0 Å². The molecule has 3 saturated carbocycles. The summed E-state index contributed by atoms with van der Waals surface area (Å²) in [5.74, 6) is 0.720. The molecule has 0 radical (unpaired) electrons. The third-order valence-corrected chi connectivity index (χ3v) is 7.11. The maximum absolute atomic E-state index is 12.5. The maximum atomic E-state index is 12.5. The number of esters is 2. The molecule has 0 saturated heterocycles. The van der Waals surface area contributed by atoms with Crippen molar-refractivity contribution in [3.63, 3.8) is 0 Å². The topological polar surface area (TPSA) is 61.8 Å². The lowest BCUT2D eigenvalue weighted by Crippen LogP contribution is -2.37. The molecule has 0 heterocycles. The van der Waals surface area contributed by atoms with Gasteiger partial charge in [-0.15, -0.1) is 0 Å². The molecule has 3 aliphatic carbocycles. The van der Waals surface area contributed by atoms with E-state index in [4.69, 9.17) is 14.2 Å². The van der Waals surface area contributed by atoms with Gasteiger partial charge in [0.2, 0.25) is 0 Å². The summed E-state index contributed by atoms with van der Waals surface area (Å²) in [6, 6.07) is 0. The van der Waals surface area contributed by atoms with Gasteiger partial charge in [0.15, 0.2) is 6.79 Å². The van der Waals surface area contributed by atoms with Gasteiger partial charge in [-0.1, -0.05) is 26.2 Å². The Morgan fingerprint density at radius 1 is 1.04 bits per heavy atom. The molecule has 0 aromatic heterocycles. The molecular weight excluding hydrogens is 344 g/mol. The molecule has 0 amide bonds. The van der Waals surface area contributed by atoms with E-state index in [0.29, 0.717) is 18.4 Å². The number of hydrogen-bond donors (Lipinski definition) is 0. The molecule has 0 spiro atoms. The van der Waals surface area contributed by atoms with Gasteiger partial charge >= 0.3 is 11.9 Å². The van der Waals surface area contributed by atoms with E-state index in [1.54, 1.807) is 0 Å². The van der Waals surface area contributed by atoms with Crippen LogP contribution in [0.4, 0.5) is 0 Å². The highest BCUT2D eigenvalue weighted by Crippen LogP contribution is 2.50. The third kappa shape index (κ3) is 5.04. The second-order valence-electron chi connectivity index (χ2n) is 9.48. The summed E-state index contributed by atoms with van der Waals surface area (Å²) in [6.45, 7) is 6.57. The van der Waals surface area contributed by atoms with E-state index in [1.165, 1.54) is 32.1 Å². The molecule has 0 aromatic rings. The lowest BCUT2D eigenvalue weighted by molar-refractivity contribution is -0.173. The Kier molecular flexibility index (Phi) is 6.83. The van der Waals surface area contributed by atoms with Crippen molar-refractivity contribution in [2.45, 2.75) is 84.7 Å². The van der Waals surface area contributed by atoms with Gasteiger partial charge in [0, 0.05) is 5.92 Å². The summed E-state index contributed by atoms with van der Waals surface area (Å²) in [4.78, 5) is 24.9. The van der Waals surface area contributed by atoms with Crippen LogP contribution >= 0.6 is 0 Å². The minimum Gasteiger partial charge on any atom is -0.462 e. The van der Waals surface area contributed by atoms with E-state index in [2.05, 4.69) is 0 Å². The minimum absolute atomic E-state index is 0.0521. The van der Waals surface area contributed by atoms with Crippen LogP contribution in [-0.2, 0) is 23.8 Å². The van der Waals surface area contributed by atoms with Gasteiger partial charge in [0.1, 0.15) is 6.10 Å². The number of hydrogen-bond acceptors (Lipinski definition) is 5. The fourth-order valence-corrected chi connectivity index (χ4v) is 4.91. The zero-order valence-corrected chi connectivity index (χ0v) is 17.2. The highest BCUT2D eigenvalue weighted by atomic mass is 16.7. The number of fused-ring (bicyclic) bond motifs is 2. The van der Waals surface area contributed by atoms with E-state index in [9.17, 15) is 9.59 Å². The van der Waals surface area contributed by atoms with E-state index in [0.717, 1.165) is 25.7 Å². The number of rotatable bonds is 8. The molecule has 0 aromatic carbocycles. The lowest BCUT2D eigenvalue weighted by Gasteiger charge is -2.31. The fourth-order valence-electron chi connectivity index (χ4n) is 4.91. The molecule has 3 aliphatic rings. The average Bonchev–Trinajstić information content (AvgIpc) is 3.26. The first-order valence-corrected chi connectivity index (χ1v) is 10.9. The van der Waals surface area contributed by atoms with Crippen LogP contribution in [0.3, 0.4) is 0 Å². The van der Waals surface area contributed by atoms with Crippen molar-refractivity contribution in [2.75, 3.05) is 13.4 Å². The molecule has 4 atom stereocenters. The molecule has 27 heavy (non-hydrogen) atoms. The van der Waals surface area contributed by atoms with Crippen molar-refractivity contribution in [1.29, 1.82) is 0 Å². The first-order valence-electron chi connectivity index (χ1n) is 10.9. The van der Waals surface area contributed by atoms with E-state index in [-0.39, 0.29) is 36.7 Å². The van der Waals surface area contributed by atoms with Crippen LogP contribution in [0.2, 0.25) is 0 Å². The van der Waals surface area contributed by atoms with Gasteiger partial charge in [0.05, 0.1) is 17.9 Å². The zero-order valence-electron chi connectivity index (χ0n) is 17.2. The van der Waals surface area contributed by atoms with Gasteiger partial charge in [-0.05, 0) is 64.2 Å². The predicted octanol–water partition coefficient (Wildman–Crippen LogP) is 4.48. The Labute approximate surface area is 163 Å². The summed E-state index contributed by atoms with van der Waals surface area (Å²) in [7, 11) is 0. The smallest absolute Gasteiger partial charge is 0.311 e. The quantitative estimate of drug-likeness (QED) is 0.353. The lowest BCUT2D eigenvalue weighted by atomic mass is 9.86. The highest BCUT2D eigenvalue weighted by molar-refractivity contribution is 5.76. The van der Waals surface area contributed by atoms with Crippen LogP contribution in [0.1, 0.15) is 78.6 Å². The highest BCUT2D eigenvalue weighted by Gasteiger charge is 2.52. The molecular formula is C22H36O5. The van der Waals surface area contributed by atoms with Crippen LogP contribution in [0.15, 0.2) is 0 Å². The van der Waals surface area contributed by atoms with Crippen LogP contribution < -0.4 is 0 Å². The molecule has 3 rings (SSSR count). The molecule has 5 heteroatoms. The Morgan fingerprint density at radius 2 is 1.78 bits per heavy atom. The van der Waals surface area contributed by atoms with Gasteiger partial charge in [0.25, 0.3) is 0 Å². The van der Waals surface area contributed by atoms with Crippen LogP contribution in [0, 0.1) is 29.1 Å². The number of carbonyl (C=O) groups excluding carboxylic acids is 2. The Hall–Kier alpha value is -1.10. The largest absolute Gasteiger partial charge is 0.462 e. The Bertz CT molecular complexity index is 523. The van der Waals surface area contributed by atoms with Gasteiger partial charge < -0.3 is 14.2 Å². The standard InChI is InChI=1S/C22H36O5/c1-4-22(2,3)21(24)27-19-12-16-10-17(19)18(11-16)20(23)26-14-25-13-15-8-6-5-7-9-15/h15-19H,4-14H2,1-3H3. The zero-order chi connectivity index (χ0) is 19.4. The van der Waals surface area contributed by atoms with Crippen molar-refractivity contribution >= 4 is 11.9 Å². The number of carbonyl (C=O) groups is 2. The maximum Gasteiger partial charge on any atom is 0.311 e. The van der Waals surface area contributed by atoms with Crippen molar-refractivity contribution in [2.24, 2.45) is 29.1 Å². The Balaban J connectivity index is 1.42. The third-order valence-electron chi connectivity index (χ3n) is 7.11. The van der Waals surface area contributed by atoms with E-state index in [1.807, 2.05) is 20.8 Å². The van der Waals surface area contributed by atoms with E-state index < -0.39 is 5.41 Å². The van der Waals surface area contributed by atoms with E-state index >= 15 is 0 Å². The second-order valence-corrected chi connectivity index (χ2v) is 9.48. The number of ether oxygens (including phenoxy) is 3. The molecule has 4 unspecified atom stereocenters. The van der Waals surface area contributed by atoms with Crippen molar-refractivity contribution in [1.82, 2.24) is 0 Å². The van der Waals surface area contributed by atoms with Crippen LogP contribution in [-0.4, -0.2) is 31.4 Å². The van der Waals surface area contributed by atoms with Crippen LogP contribution in [0.5, 0.6) is 0 Å². The Morgan fingerprint density at radius 3 is 2.44 bits per heavy atom. The summed E-state index contributed by atoms with van der Waals surface area (Å²) >= 11 is 0. The first-order chi connectivity index (χ1) is 12.9. The summed E-state index contributed by atoms with van der Waals surface area (Å²) in [5, 5.41) is 0. The molecule has 0 aliphatic heterocycles. The summed E-state index contributed by atoms with van der Waals surface area (Å²) in [6.07, 6.45) is 9.67. The monoisotopic (exact) mass is 380 g/mol. The molecule has 2 bridgehead atoms. The summed E-state index contributed by atoms with van der Waals surface area (Å²) in [5.41, 5.74) is -0.467. The molecule has 154 valence electrons. The molecule has 5 nitrogen and oxygen atoms in total. The average molecular weight is 381 g/mol. The van der Waals surface area contributed by atoms with Gasteiger partial charge in [-0.2, -0.15) is 0 Å². The van der Waals surface area contributed by atoms with Gasteiger partial charge in [-0.3, -0.25) is 9.59 Å². The van der Waals surface area contributed by atoms with Crippen LogP contribution in [0.25, 0.3) is 0 Å². The predicted molar refractivity (Wildman–Crippen MR) is 102 cm³/mol. The molecule has 3 fully saturated rings. The normalized spacial score (nSPS) is 31.1. The second kappa shape index (κ2) is 8.93. The van der Waals surface area contributed by atoms with Crippen molar-refractivity contribution in [3.05, 3.63) is 0 Å². The fraction of sp³-hybridized carbons (Fsp3) is 0.909. The molecule has 0 N–H and O–H groups in total. The first kappa shape index (κ1) is 20.6. The van der Waals surface area contributed by atoms with Crippen molar-refractivity contribution < 1.29 is 23.8 Å². The van der Waals surface area contributed by atoms with Crippen molar-refractivity contribution in [3.8, 4) is 0 Å².